The molecule has 0 aliphatic heterocycles. The van der Waals surface area contributed by atoms with Gasteiger partial charge in [-0.1, -0.05) is 41.9 Å². The number of benzene rings is 1. The molecule has 0 radical (unpaired) electrons. The molecule has 0 saturated carbocycles. The fraction of sp³-hybridized carbons (Fsp3) is 0.0833. The fourth-order valence-electron chi connectivity index (χ4n) is 1.75. The van der Waals surface area contributed by atoms with Crippen LogP contribution in [-0.4, -0.2) is 19.5 Å². The molecule has 0 spiro atoms. The van der Waals surface area contributed by atoms with E-state index in [2.05, 4.69) is 27.1 Å². The summed E-state index contributed by atoms with van der Waals surface area (Å²) in [6.07, 6.45) is 3.19. The average Bonchev–Trinajstić information content (AvgIpc) is 2.76. The van der Waals surface area contributed by atoms with Crippen LogP contribution in [0.15, 0.2) is 43.0 Å². The van der Waals surface area contributed by atoms with Crippen LogP contribution in [0.5, 0.6) is 0 Å². The third-order valence-corrected chi connectivity index (χ3v) is 2.83. The Labute approximate surface area is 103 Å². The number of hydrogen-bond acceptors (Lipinski definition) is 3. The van der Waals surface area contributed by atoms with Crippen molar-refractivity contribution < 1.29 is 0 Å². The van der Waals surface area contributed by atoms with Gasteiger partial charge in [0.05, 0.1) is 12.9 Å². The highest BCUT2D eigenvalue weighted by Gasteiger charge is 2.08. The predicted octanol–water partition coefficient (Wildman–Crippen LogP) is 2.53. The topological polar surface area (TPSA) is 43.6 Å². The van der Waals surface area contributed by atoms with Gasteiger partial charge >= 0.3 is 0 Å². The summed E-state index contributed by atoms with van der Waals surface area (Å²) in [7, 11) is 0. The first-order valence-electron chi connectivity index (χ1n) is 5.20. The average molecular weight is 245 g/mol. The summed E-state index contributed by atoms with van der Waals surface area (Å²) < 4.78 is 1.96. The van der Waals surface area contributed by atoms with Gasteiger partial charge in [0.15, 0.2) is 10.8 Å². The van der Waals surface area contributed by atoms with Crippen molar-refractivity contribution >= 4 is 22.8 Å². The van der Waals surface area contributed by atoms with Crippen LogP contribution in [0.1, 0.15) is 5.56 Å². The standard InChI is InChI=1S/C12H9ClN4/c13-11-10-12(15-7-14-11)17(8-16-10)6-9-4-2-1-3-5-9/h1-5,7-8H,6H2. The minimum Gasteiger partial charge on any atom is -0.311 e. The molecule has 0 saturated heterocycles. The van der Waals surface area contributed by atoms with Crippen LogP contribution in [0.2, 0.25) is 5.15 Å². The molecule has 84 valence electrons. The lowest BCUT2D eigenvalue weighted by Crippen LogP contribution is -1.99. The third-order valence-electron chi connectivity index (χ3n) is 2.55. The zero-order valence-corrected chi connectivity index (χ0v) is 9.67. The van der Waals surface area contributed by atoms with Crippen LogP contribution < -0.4 is 0 Å². The maximum Gasteiger partial charge on any atom is 0.165 e. The molecule has 0 fully saturated rings. The largest absolute Gasteiger partial charge is 0.311 e. The van der Waals surface area contributed by atoms with E-state index < -0.39 is 0 Å². The minimum atomic E-state index is 0.391. The van der Waals surface area contributed by atoms with Gasteiger partial charge in [-0.05, 0) is 5.56 Å². The second-order valence-electron chi connectivity index (χ2n) is 3.69. The van der Waals surface area contributed by atoms with E-state index in [1.807, 2.05) is 22.8 Å². The van der Waals surface area contributed by atoms with Gasteiger partial charge in [0.25, 0.3) is 0 Å². The van der Waals surface area contributed by atoms with Crippen molar-refractivity contribution in [3.8, 4) is 0 Å². The van der Waals surface area contributed by atoms with Crippen molar-refractivity contribution in [3.05, 3.63) is 53.7 Å². The first-order chi connectivity index (χ1) is 8.34. The van der Waals surface area contributed by atoms with E-state index in [1.54, 1.807) is 6.33 Å². The monoisotopic (exact) mass is 244 g/mol. The van der Waals surface area contributed by atoms with Crippen LogP contribution in [0.25, 0.3) is 11.2 Å². The minimum absolute atomic E-state index is 0.391. The van der Waals surface area contributed by atoms with E-state index in [0.717, 1.165) is 12.2 Å². The highest BCUT2D eigenvalue weighted by Crippen LogP contribution is 2.17. The molecule has 0 N–H and O–H groups in total. The Morgan fingerprint density at radius 2 is 1.88 bits per heavy atom. The molecule has 0 aliphatic carbocycles. The van der Waals surface area contributed by atoms with E-state index in [1.165, 1.54) is 11.9 Å². The number of rotatable bonds is 2. The summed E-state index contributed by atoms with van der Waals surface area (Å²) in [5.74, 6) is 0. The van der Waals surface area contributed by atoms with Gasteiger partial charge in [0, 0.05) is 0 Å². The molecule has 0 amide bonds. The Bertz CT molecular complexity index is 648. The van der Waals surface area contributed by atoms with Crippen LogP contribution in [0.4, 0.5) is 0 Å². The number of imidazole rings is 1. The van der Waals surface area contributed by atoms with E-state index in [0.29, 0.717) is 10.7 Å². The number of aromatic nitrogens is 4. The molecule has 0 unspecified atom stereocenters. The van der Waals surface area contributed by atoms with Crippen molar-refractivity contribution in [1.82, 2.24) is 19.5 Å². The number of nitrogens with zero attached hydrogens (tertiary/aromatic N) is 4. The van der Waals surface area contributed by atoms with Crippen molar-refractivity contribution in [3.63, 3.8) is 0 Å². The lowest BCUT2D eigenvalue weighted by molar-refractivity contribution is 0.813. The molecule has 0 atom stereocenters. The quantitative estimate of drug-likeness (QED) is 0.651. The highest BCUT2D eigenvalue weighted by molar-refractivity contribution is 6.33. The van der Waals surface area contributed by atoms with Gasteiger partial charge in [0.2, 0.25) is 0 Å². The normalized spacial score (nSPS) is 10.9. The van der Waals surface area contributed by atoms with Crippen molar-refractivity contribution in [2.24, 2.45) is 0 Å². The van der Waals surface area contributed by atoms with Gasteiger partial charge in [-0.3, -0.25) is 0 Å². The molecule has 2 heterocycles. The van der Waals surface area contributed by atoms with E-state index >= 15 is 0 Å². The maximum absolute atomic E-state index is 5.95. The van der Waals surface area contributed by atoms with Crippen LogP contribution >= 0.6 is 11.6 Å². The first kappa shape index (κ1) is 10.2. The fourth-order valence-corrected chi connectivity index (χ4v) is 1.92. The molecule has 4 nitrogen and oxygen atoms in total. The van der Waals surface area contributed by atoms with Gasteiger partial charge in [-0.15, -0.1) is 0 Å². The van der Waals surface area contributed by atoms with Crippen LogP contribution in [0, 0.1) is 0 Å². The molecule has 2 aromatic heterocycles. The maximum atomic E-state index is 5.95. The summed E-state index contributed by atoms with van der Waals surface area (Å²) in [5.41, 5.74) is 2.60. The molecule has 17 heavy (non-hydrogen) atoms. The molecular formula is C12H9ClN4. The Hall–Kier alpha value is -1.94. The molecule has 5 heteroatoms. The van der Waals surface area contributed by atoms with Crippen molar-refractivity contribution in [1.29, 1.82) is 0 Å². The molecule has 1 aromatic carbocycles. The summed E-state index contributed by atoms with van der Waals surface area (Å²) in [6.45, 7) is 0.727. The van der Waals surface area contributed by atoms with Gasteiger partial charge in [0.1, 0.15) is 11.8 Å². The number of halogens is 1. The van der Waals surface area contributed by atoms with Gasteiger partial charge < -0.3 is 4.57 Å². The third kappa shape index (κ3) is 1.87. The van der Waals surface area contributed by atoms with Crippen LogP contribution in [-0.2, 0) is 6.54 Å². The highest BCUT2D eigenvalue weighted by atomic mass is 35.5. The van der Waals surface area contributed by atoms with Crippen molar-refractivity contribution in [2.45, 2.75) is 6.54 Å². The van der Waals surface area contributed by atoms with E-state index in [9.17, 15) is 0 Å². The number of fused-ring (bicyclic) bond motifs is 1. The zero-order valence-electron chi connectivity index (χ0n) is 8.92. The molecule has 0 aliphatic rings. The summed E-state index contributed by atoms with van der Waals surface area (Å²) in [4.78, 5) is 12.3. The number of hydrogen-bond donors (Lipinski definition) is 0. The summed E-state index contributed by atoms with van der Waals surface area (Å²) in [5, 5.41) is 0.391. The SMILES string of the molecule is Clc1ncnc2c1ncn2Cc1ccccc1. The van der Waals surface area contributed by atoms with Crippen LogP contribution in [0.3, 0.4) is 0 Å². The second kappa shape index (κ2) is 4.14. The smallest absolute Gasteiger partial charge is 0.165 e. The molecule has 3 rings (SSSR count). The summed E-state index contributed by atoms with van der Waals surface area (Å²) >= 11 is 5.95. The van der Waals surface area contributed by atoms with Gasteiger partial charge in [-0.25, -0.2) is 15.0 Å². The Balaban J connectivity index is 2.05. The second-order valence-corrected chi connectivity index (χ2v) is 4.05. The zero-order chi connectivity index (χ0) is 11.7. The molecule has 0 bridgehead atoms. The first-order valence-corrected chi connectivity index (χ1v) is 5.57. The molecular weight excluding hydrogens is 236 g/mol. The summed E-state index contributed by atoms with van der Waals surface area (Å²) in [6, 6.07) is 10.1. The predicted molar refractivity (Wildman–Crippen MR) is 65.9 cm³/mol. The van der Waals surface area contributed by atoms with Crippen molar-refractivity contribution in [2.75, 3.05) is 0 Å². The Morgan fingerprint density at radius 1 is 1.06 bits per heavy atom. The Morgan fingerprint density at radius 3 is 2.71 bits per heavy atom. The van der Waals surface area contributed by atoms with E-state index in [-0.39, 0.29) is 0 Å². The Kier molecular flexibility index (Phi) is 2.49. The lowest BCUT2D eigenvalue weighted by atomic mass is 10.2. The van der Waals surface area contributed by atoms with E-state index in [4.69, 9.17) is 11.6 Å². The molecule has 3 aromatic rings. The lowest BCUT2D eigenvalue weighted by Gasteiger charge is -2.03. The van der Waals surface area contributed by atoms with Gasteiger partial charge in [-0.2, -0.15) is 0 Å².